The van der Waals surface area contributed by atoms with Crippen molar-refractivity contribution in [3.63, 3.8) is 0 Å². The van der Waals surface area contributed by atoms with Crippen LogP contribution in [0.25, 0.3) is 0 Å². The Morgan fingerprint density at radius 2 is 2.12 bits per heavy atom. The fourth-order valence-electron chi connectivity index (χ4n) is 1.22. The molecule has 0 unspecified atom stereocenters. The van der Waals surface area contributed by atoms with Gasteiger partial charge in [-0.05, 0) is 30.0 Å². The average molecular weight is 287 g/mol. The largest absolute Gasteiger partial charge is 0.326 e. The Labute approximate surface area is 111 Å². The van der Waals surface area contributed by atoms with Gasteiger partial charge in [-0.15, -0.1) is 10.2 Å². The Kier molecular flexibility index (Phi) is 4.38. The molecule has 3 nitrogen and oxygen atoms in total. The lowest BCUT2D eigenvalue weighted by Crippen LogP contribution is -1.98. The van der Waals surface area contributed by atoms with Gasteiger partial charge in [0.15, 0.2) is 8.68 Å². The molecule has 0 aliphatic heterocycles. The topological polar surface area (TPSA) is 51.8 Å². The van der Waals surface area contributed by atoms with Gasteiger partial charge in [0.2, 0.25) is 0 Å². The highest BCUT2D eigenvalue weighted by atomic mass is 32.2. The Hall–Kier alpha value is -0.630. The number of thioether (sulfide) groups is 1. The molecule has 2 N–H and O–H groups in total. The Morgan fingerprint density at radius 3 is 2.76 bits per heavy atom. The summed E-state index contributed by atoms with van der Waals surface area (Å²) < 4.78 is 14.8. The molecule has 1 heterocycles. The summed E-state index contributed by atoms with van der Waals surface area (Å²) in [5.41, 5.74) is 6.38. The van der Waals surface area contributed by atoms with Gasteiger partial charge in [0.1, 0.15) is 5.82 Å². The average Bonchev–Trinajstić information content (AvgIpc) is 2.79. The molecule has 0 aliphatic carbocycles. The molecule has 0 bridgehead atoms. The predicted molar refractivity (Wildman–Crippen MR) is 70.1 cm³/mol. The van der Waals surface area contributed by atoms with E-state index in [1.54, 1.807) is 17.8 Å². The lowest BCUT2D eigenvalue weighted by atomic mass is 10.2. The normalized spacial score (nSPS) is 10.8. The fourth-order valence-corrected chi connectivity index (χ4v) is 3.74. The maximum Gasteiger partial charge on any atom is 0.179 e. The van der Waals surface area contributed by atoms with Gasteiger partial charge in [0.25, 0.3) is 0 Å². The first-order valence-corrected chi connectivity index (χ1v) is 7.62. The van der Waals surface area contributed by atoms with Gasteiger partial charge in [-0.25, -0.2) is 4.39 Å². The molecule has 1 aromatic carbocycles. The second-order valence-electron chi connectivity index (χ2n) is 3.10. The summed E-state index contributed by atoms with van der Waals surface area (Å²) >= 11 is 4.55. The second kappa shape index (κ2) is 5.81. The molecule has 17 heavy (non-hydrogen) atoms. The van der Waals surface area contributed by atoms with Crippen LogP contribution in [0, 0.1) is 5.82 Å². The first-order valence-electron chi connectivity index (χ1n) is 4.76. The van der Waals surface area contributed by atoms with Crippen LogP contribution in [0.1, 0.15) is 5.56 Å². The molecule has 0 radical (unpaired) electrons. The molecule has 0 saturated carbocycles. The van der Waals surface area contributed by atoms with Crippen molar-refractivity contribution in [2.45, 2.75) is 20.1 Å². The molecule has 0 aliphatic rings. The third kappa shape index (κ3) is 3.19. The number of nitrogens with two attached hydrogens (primary N) is 1. The molecule has 0 saturated heterocycles. The Bertz CT molecular complexity index is 515. The number of hydrogen-bond acceptors (Lipinski definition) is 6. The van der Waals surface area contributed by atoms with Crippen molar-refractivity contribution < 1.29 is 4.39 Å². The molecular formula is C10H10FN3S3. The zero-order chi connectivity index (χ0) is 12.3. The molecule has 7 heteroatoms. The van der Waals surface area contributed by atoms with E-state index in [4.69, 9.17) is 5.73 Å². The van der Waals surface area contributed by atoms with Crippen LogP contribution in [0.5, 0.6) is 0 Å². The number of halogens is 1. The summed E-state index contributed by atoms with van der Waals surface area (Å²) in [6.07, 6.45) is 1.96. The molecule has 0 fully saturated rings. The number of rotatable bonds is 4. The Balaban J connectivity index is 2.23. The van der Waals surface area contributed by atoms with Crippen LogP contribution >= 0.6 is 34.9 Å². The van der Waals surface area contributed by atoms with Crippen molar-refractivity contribution in [2.75, 3.05) is 6.26 Å². The lowest BCUT2D eigenvalue weighted by Gasteiger charge is -2.04. The van der Waals surface area contributed by atoms with Crippen molar-refractivity contribution in [2.24, 2.45) is 5.73 Å². The zero-order valence-electron chi connectivity index (χ0n) is 9.01. The van der Waals surface area contributed by atoms with E-state index >= 15 is 0 Å². The van der Waals surface area contributed by atoms with Gasteiger partial charge in [0, 0.05) is 11.4 Å². The summed E-state index contributed by atoms with van der Waals surface area (Å²) in [7, 11) is 0. The number of nitrogens with zero attached hydrogens (tertiary/aromatic N) is 2. The highest BCUT2D eigenvalue weighted by Crippen LogP contribution is 2.34. The minimum absolute atomic E-state index is 0.267. The zero-order valence-corrected chi connectivity index (χ0v) is 11.5. The fraction of sp³-hybridized carbons (Fsp3) is 0.200. The molecule has 2 aromatic rings. The molecule has 0 amide bonds. The molecular weight excluding hydrogens is 277 g/mol. The third-order valence-corrected chi connectivity index (χ3v) is 5.07. The van der Waals surface area contributed by atoms with Crippen LogP contribution in [-0.2, 0) is 6.54 Å². The highest BCUT2D eigenvalue weighted by Gasteiger charge is 2.09. The van der Waals surface area contributed by atoms with Gasteiger partial charge < -0.3 is 5.73 Å². The van der Waals surface area contributed by atoms with Gasteiger partial charge in [-0.3, -0.25) is 0 Å². The molecule has 0 spiro atoms. The van der Waals surface area contributed by atoms with Gasteiger partial charge in [-0.2, -0.15) is 0 Å². The quantitative estimate of drug-likeness (QED) is 0.876. The summed E-state index contributed by atoms with van der Waals surface area (Å²) in [6, 6.07) is 4.61. The van der Waals surface area contributed by atoms with Crippen LogP contribution < -0.4 is 5.73 Å². The van der Waals surface area contributed by atoms with E-state index in [2.05, 4.69) is 10.2 Å². The van der Waals surface area contributed by atoms with Gasteiger partial charge >= 0.3 is 0 Å². The van der Waals surface area contributed by atoms with Gasteiger partial charge in [0.05, 0.1) is 0 Å². The first kappa shape index (κ1) is 12.8. The van der Waals surface area contributed by atoms with E-state index < -0.39 is 0 Å². The Morgan fingerprint density at radius 1 is 1.35 bits per heavy atom. The molecule has 0 atom stereocenters. The van der Waals surface area contributed by atoms with Crippen molar-refractivity contribution in [1.82, 2.24) is 10.2 Å². The third-order valence-electron chi connectivity index (χ3n) is 2.00. The SMILES string of the molecule is CSc1nnc(Sc2ccc(F)cc2CN)s1. The number of benzene rings is 1. The van der Waals surface area contributed by atoms with Crippen molar-refractivity contribution in [3.8, 4) is 0 Å². The van der Waals surface area contributed by atoms with Crippen LogP contribution in [0.2, 0.25) is 0 Å². The lowest BCUT2D eigenvalue weighted by molar-refractivity contribution is 0.623. The van der Waals surface area contributed by atoms with Crippen LogP contribution in [0.15, 0.2) is 31.8 Å². The van der Waals surface area contributed by atoms with Crippen molar-refractivity contribution >= 4 is 34.9 Å². The van der Waals surface area contributed by atoms with Gasteiger partial charge in [-0.1, -0.05) is 34.9 Å². The van der Waals surface area contributed by atoms with Crippen molar-refractivity contribution in [1.29, 1.82) is 0 Å². The van der Waals surface area contributed by atoms with Crippen LogP contribution in [-0.4, -0.2) is 16.5 Å². The number of hydrogen-bond donors (Lipinski definition) is 1. The molecule has 90 valence electrons. The van der Waals surface area contributed by atoms with E-state index in [9.17, 15) is 4.39 Å². The van der Waals surface area contributed by atoms with Crippen LogP contribution in [0.4, 0.5) is 4.39 Å². The van der Waals surface area contributed by atoms with E-state index in [1.807, 2.05) is 6.26 Å². The summed E-state index contributed by atoms with van der Waals surface area (Å²) in [5.74, 6) is -0.267. The molecule has 2 rings (SSSR count). The summed E-state index contributed by atoms with van der Waals surface area (Å²) in [5, 5.41) is 8.07. The van der Waals surface area contributed by atoms with E-state index in [-0.39, 0.29) is 5.82 Å². The maximum atomic E-state index is 13.0. The maximum absolute atomic E-state index is 13.0. The van der Waals surface area contributed by atoms with E-state index in [1.165, 1.54) is 35.2 Å². The highest BCUT2D eigenvalue weighted by molar-refractivity contribution is 8.03. The minimum atomic E-state index is -0.267. The van der Waals surface area contributed by atoms with E-state index in [0.717, 1.165) is 19.1 Å². The monoisotopic (exact) mass is 287 g/mol. The molecule has 1 aromatic heterocycles. The van der Waals surface area contributed by atoms with E-state index in [0.29, 0.717) is 6.54 Å². The smallest absolute Gasteiger partial charge is 0.179 e. The minimum Gasteiger partial charge on any atom is -0.326 e. The standard InChI is InChI=1S/C10H10FN3S3/c1-15-9-13-14-10(17-9)16-8-3-2-7(11)4-6(8)5-12/h2-4H,5,12H2,1H3. The predicted octanol–water partition coefficient (Wildman–Crippen LogP) is 3.01. The summed E-state index contributed by atoms with van der Waals surface area (Å²) in [4.78, 5) is 0.928. The number of aromatic nitrogens is 2. The van der Waals surface area contributed by atoms with Crippen LogP contribution in [0.3, 0.4) is 0 Å². The first-order chi connectivity index (χ1) is 8.22. The second-order valence-corrected chi connectivity index (χ2v) is 6.42. The summed E-state index contributed by atoms with van der Waals surface area (Å²) in [6.45, 7) is 0.314. The van der Waals surface area contributed by atoms with Crippen molar-refractivity contribution in [3.05, 3.63) is 29.6 Å².